The number of likely N-dealkylation sites (N-methyl/N-ethyl adjacent to an activating group) is 1. The van der Waals surface area contributed by atoms with E-state index in [-0.39, 0.29) is 24.9 Å². The molecule has 3 N–H and O–H groups in total. The molecule has 0 saturated carbocycles. The van der Waals surface area contributed by atoms with Crippen LogP contribution in [0.15, 0.2) is 6.07 Å². The summed E-state index contributed by atoms with van der Waals surface area (Å²) in [7, 11) is 3.48. The van der Waals surface area contributed by atoms with E-state index in [2.05, 4.69) is 15.9 Å². The molecule has 0 spiro atoms. The molecule has 12 nitrogen and oxygen atoms in total. The Labute approximate surface area is 258 Å². The van der Waals surface area contributed by atoms with Crippen LogP contribution in [0.2, 0.25) is 0 Å². The predicted molar refractivity (Wildman–Crippen MR) is 158 cm³/mol. The second kappa shape index (κ2) is 10.2. The third-order valence-electron chi connectivity index (χ3n) is 9.61. The number of thioether (sulfide) groups is 1. The van der Waals surface area contributed by atoms with Crippen molar-refractivity contribution in [2.24, 2.45) is 5.73 Å². The molecule has 8 rings (SSSR count). The van der Waals surface area contributed by atoms with Crippen LogP contribution in [0.5, 0.6) is 28.7 Å². The van der Waals surface area contributed by atoms with Crippen LogP contribution in [0.3, 0.4) is 0 Å². The van der Waals surface area contributed by atoms with E-state index in [9.17, 15) is 20.0 Å². The number of ether oxygens (including phenoxy) is 5. The molecule has 0 amide bonds. The third-order valence-corrected chi connectivity index (χ3v) is 11.0. The SMILES string of the molecule is COc1c(C)cc2c(c1O)[C@H]1[C@@H]3[C@@H]4SC[C@H](N)C(=O)OC[C@@H](c5c6c(c(C)c(OC(C)=O)c54)OCO6)N3C(C#N)(C2)CN1C. The van der Waals surface area contributed by atoms with Gasteiger partial charge in [0.2, 0.25) is 6.79 Å². The molecule has 4 bridgehead atoms. The molecule has 6 aliphatic rings. The van der Waals surface area contributed by atoms with Crippen LogP contribution < -0.4 is 24.7 Å². The highest BCUT2D eigenvalue weighted by Crippen LogP contribution is 2.65. The first-order chi connectivity index (χ1) is 21.0. The average Bonchev–Trinajstić information content (AvgIpc) is 3.38. The highest BCUT2D eigenvalue weighted by atomic mass is 32.2. The van der Waals surface area contributed by atoms with E-state index >= 15 is 0 Å². The molecule has 2 saturated heterocycles. The monoisotopic (exact) mass is 622 g/mol. The van der Waals surface area contributed by atoms with E-state index in [1.54, 1.807) is 0 Å². The number of rotatable bonds is 2. The standard InChI is InChI=1S/C31H34N4O8S/c1-13-6-16-7-31(10-32)11-34(4)22(19(16)24(37)25(13)39-5)23-29-21-20(18(35(23)31)8-40-30(38)17(33)9-44-29)28-27(41-12-42-28)14(2)26(21)43-15(3)36/h6,17-18,22-23,29,37H,7-9,11-12,33H2,1-5H3/t17-,18-,22-,23+,29+,31?/m0/s1. The lowest BCUT2D eigenvalue weighted by Gasteiger charge is -2.60. The highest BCUT2D eigenvalue weighted by Gasteiger charge is 2.63. The lowest BCUT2D eigenvalue weighted by molar-refractivity contribution is -0.151. The van der Waals surface area contributed by atoms with Gasteiger partial charge in [-0.1, -0.05) is 6.07 Å². The summed E-state index contributed by atoms with van der Waals surface area (Å²) in [6, 6.07) is 2.22. The van der Waals surface area contributed by atoms with Crippen molar-refractivity contribution in [1.29, 1.82) is 5.26 Å². The molecular weight excluding hydrogens is 588 g/mol. The van der Waals surface area contributed by atoms with Crippen molar-refractivity contribution >= 4 is 23.7 Å². The third kappa shape index (κ3) is 3.87. The van der Waals surface area contributed by atoms with Crippen LogP contribution in [0.1, 0.15) is 57.6 Å². The Bertz CT molecular complexity index is 1660. The Morgan fingerprint density at radius 2 is 1.95 bits per heavy atom. The van der Waals surface area contributed by atoms with Gasteiger partial charge in [-0.25, -0.2) is 0 Å². The molecule has 0 aromatic heterocycles. The Morgan fingerprint density at radius 3 is 2.66 bits per heavy atom. The number of aryl methyl sites for hydroxylation is 1. The van der Waals surface area contributed by atoms with Crippen LogP contribution in [0.4, 0.5) is 0 Å². The molecule has 232 valence electrons. The molecule has 2 fully saturated rings. The van der Waals surface area contributed by atoms with Gasteiger partial charge < -0.3 is 34.5 Å². The number of phenols is 1. The minimum Gasteiger partial charge on any atom is -0.504 e. The number of cyclic esters (lactones) is 1. The van der Waals surface area contributed by atoms with E-state index in [4.69, 9.17) is 29.4 Å². The zero-order chi connectivity index (χ0) is 31.2. The molecule has 0 radical (unpaired) electrons. The normalized spacial score (nSPS) is 31.6. The molecular formula is C31H34N4O8S. The molecule has 6 aliphatic heterocycles. The number of nitrogens with two attached hydrogens (primary N) is 1. The number of benzene rings is 2. The lowest BCUT2D eigenvalue weighted by atomic mass is 9.76. The van der Waals surface area contributed by atoms with Crippen LogP contribution >= 0.6 is 11.8 Å². The van der Waals surface area contributed by atoms with Crippen LogP contribution in [-0.2, 0) is 20.7 Å². The number of esters is 2. The quantitative estimate of drug-likeness (QED) is 0.372. The molecule has 2 unspecified atom stereocenters. The first-order valence-electron chi connectivity index (χ1n) is 14.5. The molecule has 44 heavy (non-hydrogen) atoms. The van der Waals surface area contributed by atoms with Gasteiger partial charge in [0.25, 0.3) is 0 Å². The largest absolute Gasteiger partial charge is 0.504 e. The number of hydrogen-bond acceptors (Lipinski definition) is 13. The van der Waals surface area contributed by atoms with Crippen molar-refractivity contribution < 1.29 is 38.4 Å². The number of carbonyl (C=O) groups excluding carboxylic acids is 2. The summed E-state index contributed by atoms with van der Waals surface area (Å²) in [5.74, 6) is 0.902. The first-order valence-corrected chi connectivity index (χ1v) is 15.5. The van der Waals surface area contributed by atoms with Crippen molar-refractivity contribution in [1.82, 2.24) is 9.80 Å². The van der Waals surface area contributed by atoms with E-state index in [1.165, 1.54) is 25.8 Å². The fraction of sp³-hybridized carbons (Fsp3) is 0.516. The van der Waals surface area contributed by atoms with Crippen molar-refractivity contribution in [2.75, 3.05) is 39.9 Å². The smallest absolute Gasteiger partial charge is 0.323 e. The van der Waals surface area contributed by atoms with E-state index in [0.29, 0.717) is 52.7 Å². The fourth-order valence-corrected chi connectivity index (χ4v) is 9.52. The maximum atomic E-state index is 13.0. The number of carbonyl (C=O) groups is 2. The number of hydrogen-bond donors (Lipinski definition) is 2. The Hall–Kier alpha value is -3.70. The summed E-state index contributed by atoms with van der Waals surface area (Å²) in [5.41, 5.74) is 9.52. The van der Waals surface area contributed by atoms with Crippen molar-refractivity contribution in [3.63, 3.8) is 0 Å². The minimum absolute atomic E-state index is 0.0299. The molecule has 2 aromatic carbocycles. The lowest BCUT2D eigenvalue weighted by Crippen LogP contribution is -2.69. The van der Waals surface area contributed by atoms with E-state index in [0.717, 1.165) is 16.7 Å². The van der Waals surface area contributed by atoms with Gasteiger partial charge in [0.15, 0.2) is 23.0 Å². The zero-order valence-electron chi connectivity index (χ0n) is 25.1. The maximum absolute atomic E-state index is 13.0. The molecule has 13 heteroatoms. The van der Waals surface area contributed by atoms with Crippen molar-refractivity contribution in [2.45, 2.75) is 62.1 Å². The number of nitrogens with zero attached hydrogens (tertiary/aromatic N) is 3. The number of fused-ring (bicyclic) bond motifs is 6. The topological polar surface area (TPSA) is 157 Å². The van der Waals surface area contributed by atoms with Crippen molar-refractivity contribution in [3.05, 3.63) is 39.4 Å². The predicted octanol–water partition coefficient (Wildman–Crippen LogP) is 2.56. The Balaban J connectivity index is 1.59. The molecule has 7 atom stereocenters. The number of methoxy groups -OCH3 is 1. The number of aromatic hydroxyl groups is 1. The van der Waals surface area contributed by atoms with E-state index in [1.807, 2.05) is 27.0 Å². The van der Waals surface area contributed by atoms with Crippen LogP contribution in [-0.4, -0.2) is 84.3 Å². The van der Waals surface area contributed by atoms with Gasteiger partial charge in [0.1, 0.15) is 23.9 Å². The summed E-state index contributed by atoms with van der Waals surface area (Å²) in [6.07, 6.45) is 0.313. The fourth-order valence-electron chi connectivity index (χ4n) is 8.09. The summed E-state index contributed by atoms with van der Waals surface area (Å²) in [4.78, 5) is 29.9. The minimum atomic E-state index is -1.09. The second-order valence-electron chi connectivity index (χ2n) is 12.2. The Kier molecular flexibility index (Phi) is 6.71. The summed E-state index contributed by atoms with van der Waals surface area (Å²) in [6.45, 7) is 5.26. The van der Waals surface area contributed by atoms with Crippen LogP contribution in [0, 0.1) is 25.2 Å². The number of piperazine rings is 1. The second-order valence-corrected chi connectivity index (χ2v) is 13.3. The van der Waals surface area contributed by atoms with Gasteiger partial charge in [-0.3, -0.25) is 19.4 Å². The number of nitriles is 1. The number of phenolic OH excluding ortho intramolecular Hbond substituents is 1. The molecule has 6 heterocycles. The summed E-state index contributed by atoms with van der Waals surface area (Å²) >= 11 is 1.44. The van der Waals surface area contributed by atoms with Gasteiger partial charge in [-0.05, 0) is 32.0 Å². The van der Waals surface area contributed by atoms with Gasteiger partial charge in [-0.2, -0.15) is 5.26 Å². The molecule has 2 aromatic rings. The van der Waals surface area contributed by atoms with Crippen molar-refractivity contribution in [3.8, 4) is 34.8 Å². The summed E-state index contributed by atoms with van der Waals surface area (Å²) < 4.78 is 29.5. The van der Waals surface area contributed by atoms with Gasteiger partial charge >= 0.3 is 11.9 Å². The first kappa shape index (κ1) is 29.0. The van der Waals surface area contributed by atoms with Gasteiger partial charge in [-0.15, -0.1) is 11.8 Å². The van der Waals surface area contributed by atoms with Gasteiger partial charge in [0, 0.05) is 53.9 Å². The maximum Gasteiger partial charge on any atom is 0.323 e. The zero-order valence-corrected chi connectivity index (χ0v) is 25.9. The molecule has 0 aliphatic carbocycles. The summed E-state index contributed by atoms with van der Waals surface area (Å²) in [5, 5.41) is 22.4. The Morgan fingerprint density at radius 1 is 1.20 bits per heavy atom. The van der Waals surface area contributed by atoms with E-state index < -0.39 is 46.9 Å². The highest BCUT2D eigenvalue weighted by molar-refractivity contribution is 7.99. The average molecular weight is 623 g/mol. The van der Waals surface area contributed by atoms with Crippen LogP contribution in [0.25, 0.3) is 0 Å². The van der Waals surface area contributed by atoms with Gasteiger partial charge in [0.05, 0.1) is 30.5 Å².